The summed E-state index contributed by atoms with van der Waals surface area (Å²) in [6.07, 6.45) is 0.889. The third-order valence-electron chi connectivity index (χ3n) is 4.99. The molecule has 0 unspecified atom stereocenters. The number of anilines is 1. The van der Waals surface area contributed by atoms with Crippen molar-refractivity contribution in [2.45, 2.75) is 45.1 Å². The van der Waals surface area contributed by atoms with Crippen LogP contribution in [-0.4, -0.2) is 68.6 Å². The number of halogens is 3. The molecule has 0 spiro atoms. The predicted molar refractivity (Wildman–Crippen MR) is 109 cm³/mol. The molecule has 0 saturated heterocycles. The van der Waals surface area contributed by atoms with Crippen LogP contribution >= 0.6 is 0 Å². The number of aromatic nitrogens is 3. The van der Waals surface area contributed by atoms with Crippen molar-refractivity contribution >= 4 is 17.8 Å². The van der Waals surface area contributed by atoms with Gasteiger partial charge >= 0.3 is 18.2 Å². The lowest BCUT2D eigenvalue weighted by atomic mass is 10.2. The first-order valence-electron chi connectivity index (χ1n) is 10.2. The maximum absolute atomic E-state index is 12.5. The first-order chi connectivity index (χ1) is 15.1. The molecule has 0 bridgehead atoms. The Morgan fingerprint density at radius 3 is 2.53 bits per heavy atom. The van der Waals surface area contributed by atoms with Crippen LogP contribution in [0.4, 0.5) is 23.8 Å². The normalized spacial score (nSPS) is 15.9. The Kier molecular flexibility index (Phi) is 7.21. The molecule has 2 aromatic rings. The van der Waals surface area contributed by atoms with Gasteiger partial charge in [-0.2, -0.15) is 18.3 Å². The lowest BCUT2D eigenvalue weighted by Gasteiger charge is -2.24. The van der Waals surface area contributed by atoms with Gasteiger partial charge in [0, 0.05) is 49.3 Å². The summed E-state index contributed by atoms with van der Waals surface area (Å²) in [4.78, 5) is 30.3. The molecule has 1 saturated carbocycles. The number of pyridine rings is 1. The van der Waals surface area contributed by atoms with E-state index in [1.54, 1.807) is 6.20 Å². The summed E-state index contributed by atoms with van der Waals surface area (Å²) in [5.74, 6) is -1.76. The number of aliphatic carboxylic acids is 1. The standard InChI is InChI=1S/C18H24N6O.C2HF3O2/c1-14-3-4-15-13-23(18(25)21-16-5-6-16)10-9-22(17(15)20-14)11-12-24-8-2-7-19-24;3-2(4,5)1(6)7/h2-4,7-8,16H,5-6,9-13H2,1H3,(H,21,25);(H,6,7). The van der Waals surface area contributed by atoms with Gasteiger partial charge in [0.15, 0.2) is 0 Å². The zero-order valence-electron chi connectivity index (χ0n) is 17.5. The van der Waals surface area contributed by atoms with Gasteiger partial charge in [-0.05, 0) is 31.9 Å². The lowest BCUT2D eigenvalue weighted by molar-refractivity contribution is -0.192. The van der Waals surface area contributed by atoms with Gasteiger partial charge in [0.1, 0.15) is 5.82 Å². The van der Waals surface area contributed by atoms with Crippen LogP contribution in [0.25, 0.3) is 0 Å². The van der Waals surface area contributed by atoms with Crippen molar-refractivity contribution in [1.82, 2.24) is 25.0 Å². The summed E-state index contributed by atoms with van der Waals surface area (Å²) < 4.78 is 33.7. The highest BCUT2D eigenvalue weighted by Gasteiger charge is 2.38. The molecule has 2 N–H and O–H groups in total. The van der Waals surface area contributed by atoms with Gasteiger partial charge in [-0.15, -0.1) is 0 Å². The van der Waals surface area contributed by atoms with Crippen molar-refractivity contribution in [3.05, 3.63) is 41.9 Å². The second kappa shape index (κ2) is 9.88. The molecular formula is C20H25F3N6O3. The van der Waals surface area contributed by atoms with Crippen molar-refractivity contribution in [2.75, 3.05) is 24.5 Å². The molecule has 174 valence electrons. The fourth-order valence-electron chi connectivity index (χ4n) is 3.14. The highest BCUT2D eigenvalue weighted by atomic mass is 19.4. The second-order valence-electron chi connectivity index (χ2n) is 7.64. The van der Waals surface area contributed by atoms with Crippen LogP contribution in [0.3, 0.4) is 0 Å². The molecule has 3 heterocycles. The number of carbonyl (C=O) groups is 2. The Labute approximate surface area is 182 Å². The summed E-state index contributed by atoms with van der Waals surface area (Å²) in [6.45, 7) is 5.73. The number of nitrogens with one attached hydrogen (secondary N) is 1. The Bertz CT molecular complexity index is 931. The van der Waals surface area contributed by atoms with E-state index in [1.807, 2.05) is 34.8 Å². The summed E-state index contributed by atoms with van der Waals surface area (Å²) in [5, 5.41) is 14.5. The highest BCUT2D eigenvalue weighted by molar-refractivity contribution is 5.75. The van der Waals surface area contributed by atoms with Crippen molar-refractivity contribution in [3.63, 3.8) is 0 Å². The molecule has 4 rings (SSSR count). The number of nitrogens with zero attached hydrogens (tertiary/aromatic N) is 5. The summed E-state index contributed by atoms with van der Waals surface area (Å²) in [5.41, 5.74) is 2.10. The SMILES string of the molecule is Cc1ccc2c(n1)N(CCn1cccn1)CCN(C(=O)NC1CC1)C2.O=C(O)C(F)(F)F. The Morgan fingerprint density at radius 1 is 1.22 bits per heavy atom. The van der Waals surface area contributed by atoms with E-state index in [0.29, 0.717) is 19.1 Å². The number of amides is 2. The van der Waals surface area contributed by atoms with Gasteiger partial charge < -0.3 is 20.2 Å². The minimum atomic E-state index is -5.08. The molecule has 0 aromatic carbocycles. The van der Waals surface area contributed by atoms with E-state index in [1.165, 1.54) is 0 Å². The quantitative estimate of drug-likeness (QED) is 0.736. The first kappa shape index (κ1) is 23.4. The van der Waals surface area contributed by atoms with Crippen LogP contribution in [0.15, 0.2) is 30.6 Å². The minimum absolute atomic E-state index is 0.0444. The Hall–Kier alpha value is -3.31. The minimum Gasteiger partial charge on any atom is -0.475 e. The predicted octanol–water partition coefficient (Wildman–Crippen LogP) is 2.41. The van der Waals surface area contributed by atoms with Gasteiger partial charge in [0.05, 0.1) is 13.1 Å². The van der Waals surface area contributed by atoms with E-state index in [4.69, 9.17) is 14.9 Å². The van der Waals surface area contributed by atoms with E-state index in [-0.39, 0.29) is 6.03 Å². The molecule has 1 aliphatic heterocycles. The number of rotatable bonds is 4. The second-order valence-corrected chi connectivity index (χ2v) is 7.64. The summed E-state index contributed by atoms with van der Waals surface area (Å²) in [7, 11) is 0. The molecule has 0 atom stereocenters. The number of aryl methyl sites for hydroxylation is 1. The number of fused-ring (bicyclic) bond motifs is 1. The monoisotopic (exact) mass is 454 g/mol. The molecule has 32 heavy (non-hydrogen) atoms. The molecule has 1 aliphatic carbocycles. The van der Waals surface area contributed by atoms with Crippen LogP contribution in [-0.2, 0) is 17.9 Å². The fraction of sp³-hybridized carbons (Fsp3) is 0.500. The highest BCUT2D eigenvalue weighted by Crippen LogP contribution is 2.25. The van der Waals surface area contributed by atoms with Crippen molar-refractivity contribution in [1.29, 1.82) is 0 Å². The Balaban J connectivity index is 0.000000360. The lowest BCUT2D eigenvalue weighted by Crippen LogP contribution is -2.42. The maximum Gasteiger partial charge on any atom is 0.490 e. The molecule has 2 aliphatic rings. The van der Waals surface area contributed by atoms with Crippen LogP contribution in [0.5, 0.6) is 0 Å². The average molecular weight is 454 g/mol. The number of urea groups is 1. The maximum atomic E-state index is 12.5. The Morgan fingerprint density at radius 2 is 1.94 bits per heavy atom. The largest absolute Gasteiger partial charge is 0.490 e. The van der Waals surface area contributed by atoms with E-state index < -0.39 is 12.1 Å². The molecule has 9 nitrogen and oxygen atoms in total. The van der Waals surface area contributed by atoms with Gasteiger partial charge in [-0.1, -0.05) is 6.07 Å². The number of carboxylic acid groups (broad SMARTS) is 1. The first-order valence-corrected chi connectivity index (χ1v) is 10.2. The number of carboxylic acids is 1. The number of carbonyl (C=O) groups excluding carboxylic acids is 1. The van der Waals surface area contributed by atoms with E-state index >= 15 is 0 Å². The van der Waals surface area contributed by atoms with Crippen molar-refractivity contribution in [3.8, 4) is 0 Å². The molecule has 2 aromatic heterocycles. The number of hydrogen-bond acceptors (Lipinski definition) is 5. The van der Waals surface area contributed by atoms with Crippen LogP contribution in [0.2, 0.25) is 0 Å². The average Bonchev–Trinajstić information content (AvgIpc) is 3.42. The van der Waals surface area contributed by atoms with Crippen LogP contribution in [0.1, 0.15) is 24.1 Å². The van der Waals surface area contributed by atoms with Crippen molar-refractivity contribution < 1.29 is 27.9 Å². The van der Waals surface area contributed by atoms with Gasteiger partial charge in [0.25, 0.3) is 0 Å². The fourth-order valence-corrected chi connectivity index (χ4v) is 3.14. The third kappa shape index (κ3) is 6.59. The topological polar surface area (TPSA) is 104 Å². The van der Waals surface area contributed by atoms with Crippen LogP contribution < -0.4 is 10.2 Å². The number of alkyl halides is 3. The summed E-state index contributed by atoms with van der Waals surface area (Å²) in [6, 6.07) is 6.47. The van der Waals surface area contributed by atoms with Gasteiger partial charge in [0.2, 0.25) is 0 Å². The smallest absolute Gasteiger partial charge is 0.475 e. The zero-order chi connectivity index (χ0) is 23.3. The van der Waals surface area contributed by atoms with Gasteiger partial charge in [-0.25, -0.2) is 14.6 Å². The van der Waals surface area contributed by atoms with Crippen LogP contribution in [0, 0.1) is 6.92 Å². The van der Waals surface area contributed by atoms with E-state index in [2.05, 4.69) is 21.4 Å². The molecule has 2 amide bonds. The molecule has 0 radical (unpaired) electrons. The molecular weight excluding hydrogens is 429 g/mol. The molecule has 1 fully saturated rings. The van der Waals surface area contributed by atoms with Crippen molar-refractivity contribution in [2.24, 2.45) is 0 Å². The van der Waals surface area contributed by atoms with E-state index in [9.17, 15) is 18.0 Å². The zero-order valence-corrected chi connectivity index (χ0v) is 17.5. The summed E-state index contributed by atoms with van der Waals surface area (Å²) >= 11 is 0. The number of hydrogen-bond donors (Lipinski definition) is 2. The third-order valence-corrected chi connectivity index (χ3v) is 4.99. The van der Waals surface area contributed by atoms with E-state index in [0.717, 1.165) is 49.6 Å². The van der Waals surface area contributed by atoms with Gasteiger partial charge in [-0.3, -0.25) is 4.68 Å². The molecule has 12 heteroatoms.